The van der Waals surface area contributed by atoms with E-state index in [-0.39, 0.29) is 17.0 Å². The van der Waals surface area contributed by atoms with E-state index in [9.17, 15) is 13.5 Å². The molecule has 11 heteroatoms. The number of nitrogens with zero attached hydrogens (tertiary/aromatic N) is 5. The molecule has 0 unspecified atom stereocenters. The molecule has 0 spiro atoms. The molecular weight excluding hydrogens is 490 g/mol. The molecule has 4 aromatic rings. The standard InChI is InChI=1S/C26H31N7O3S/c1-3-33-17-27-23-24(30-26(31-25(23)33)29-19-9-13-21(34)14-10-19)28-18-11-15-22(16-12-18)37(35,36)32(2)20-7-5-4-6-8-20/h4-8,11-12,15-17,19,21,34H,3,9-10,13-14H2,1-2H3,(H2,28,29,30,31)/t19-,21-. The second-order valence-electron chi connectivity index (χ2n) is 9.21. The van der Waals surface area contributed by atoms with E-state index in [2.05, 4.69) is 15.6 Å². The minimum Gasteiger partial charge on any atom is -0.393 e. The van der Waals surface area contributed by atoms with Crippen molar-refractivity contribution >= 4 is 44.3 Å². The average Bonchev–Trinajstić information content (AvgIpc) is 3.34. The Bertz CT molecular complexity index is 1470. The van der Waals surface area contributed by atoms with Crippen LogP contribution in [0.15, 0.2) is 65.8 Å². The molecule has 5 rings (SSSR count). The van der Waals surface area contributed by atoms with Crippen molar-refractivity contribution in [3.63, 3.8) is 0 Å². The molecule has 0 bridgehead atoms. The zero-order valence-corrected chi connectivity index (χ0v) is 21.7. The average molecular weight is 522 g/mol. The molecular formula is C26H31N7O3S. The summed E-state index contributed by atoms with van der Waals surface area (Å²) < 4.78 is 29.4. The molecule has 0 aliphatic heterocycles. The third-order valence-corrected chi connectivity index (χ3v) is 8.53. The molecule has 194 valence electrons. The Morgan fingerprint density at radius 3 is 2.41 bits per heavy atom. The highest BCUT2D eigenvalue weighted by Gasteiger charge is 2.23. The molecule has 0 atom stereocenters. The Morgan fingerprint density at radius 1 is 1.03 bits per heavy atom. The van der Waals surface area contributed by atoms with Crippen LogP contribution < -0.4 is 14.9 Å². The highest BCUT2D eigenvalue weighted by atomic mass is 32.2. The second kappa shape index (κ2) is 10.3. The first-order chi connectivity index (χ1) is 17.8. The molecule has 1 aliphatic carbocycles. The third kappa shape index (κ3) is 5.23. The summed E-state index contributed by atoms with van der Waals surface area (Å²) in [5.41, 5.74) is 2.61. The van der Waals surface area contributed by atoms with Crippen molar-refractivity contribution in [3.8, 4) is 0 Å². The molecule has 1 fully saturated rings. The fourth-order valence-corrected chi connectivity index (χ4v) is 5.71. The van der Waals surface area contributed by atoms with E-state index >= 15 is 0 Å². The van der Waals surface area contributed by atoms with Gasteiger partial charge >= 0.3 is 0 Å². The van der Waals surface area contributed by atoms with Crippen LogP contribution in [0, 0.1) is 0 Å². The first-order valence-corrected chi connectivity index (χ1v) is 13.9. The number of para-hydroxylation sites is 1. The summed E-state index contributed by atoms with van der Waals surface area (Å²) in [5.74, 6) is 1.03. The quantitative estimate of drug-likeness (QED) is 0.316. The van der Waals surface area contributed by atoms with Gasteiger partial charge in [0.05, 0.1) is 23.0 Å². The van der Waals surface area contributed by atoms with Gasteiger partial charge in [0.1, 0.15) is 0 Å². The molecule has 0 amide bonds. The summed E-state index contributed by atoms with van der Waals surface area (Å²) >= 11 is 0. The largest absolute Gasteiger partial charge is 0.393 e. The Kier molecular flexibility index (Phi) is 6.98. The van der Waals surface area contributed by atoms with Gasteiger partial charge in [0.15, 0.2) is 17.0 Å². The van der Waals surface area contributed by atoms with E-state index in [1.54, 1.807) is 61.9 Å². The molecule has 2 aromatic heterocycles. The summed E-state index contributed by atoms with van der Waals surface area (Å²) in [4.78, 5) is 14.1. The fraction of sp³-hybridized carbons (Fsp3) is 0.346. The molecule has 0 radical (unpaired) electrons. The van der Waals surface area contributed by atoms with Crippen LogP contribution in [0.3, 0.4) is 0 Å². The van der Waals surface area contributed by atoms with Crippen LogP contribution in [0.25, 0.3) is 11.2 Å². The zero-order valence-electron chi connectivity index (χ0n) is 20.9. The zero-order chi connectivity index (χ0) is 26.0. The maximum atomic E-state index is 13.1. The number of aromatic nitrogens is 4. The number of aliphatic hydroxyl groups excluding tert-OH is 1. The number of hydrogen-bond acceptors (Lipinski definition) is 8. The first-order valence-electron chi connectivity index (χ1n) is 12.4. The molecule has 1 aliphatic rings. The van der Waals surface area contributed by atoms with Crippen molar-refractivity contribution in [2.75, 3.05) is 22.0 Å². The van der Waals surface area contributed by atoms with E-state index in [1.165, 1.54) is 4.31 Å². The molecule has 37 heavy (non-hydrogen) atoms. The third-order valence-electron chi connectivity index (χ3n) is 6.73. The van der Waals surface area contributed by atoms with Crippen molar-refractivity contribution in [1.29, 1.82) is 0 Å². The first kappa shape index (κ1) is 25.0. The van der Waals surface area contributed by atoms with Crippen LogP contribution in [-0.4, -0.2) is 52.2 Å². The summed E-state index contributed by atoms with van der Waals surface area (Å²) in [6.07, 6.45) is 4.72. The summed E-state index contributed by atoms with van der Waals surface area (Å²) in [6.45, 7) is 2.74. The Balaban J connectivity index is 1.40. The van der Waals surface area contributed by atoms with Crippen molar-refractivity contribution in [2.24, 2.45) is 0 Å². The van der Waals surface area contributed by atoms with Crippen LogP contribution in [0.1, 0.15) is 32.6 Å². The molecule has 3 N–H and O–H groups in total. The topological polar surface area (TPSA) is 125 Å². The number of anilines is 4. The van der Waals surface area contributed by atoms with Crippen LogP contribution in [0.2, 0.25) is 0 Å². The van der Waals surface area contributed by atoms with Crippen molar-refractivity contribution < 1.29 is 13.5 Å². The van der Waals surface area contributed by atoms with Crippen molar-refractivity contribution in [3.05, 3.63) is 60.9 Å². The van der Waals surface area contributed by atoms with Gasteiger partial charge in [-0.25, -0.2) is 13.4 Å². The number of fused-ring (bicyclic) bond motifs is 1. The van der Waals surface area contributed by atoms with E-state index in [0.29, 0.717) is 40.8 Å². The van der Waals surface area contributed by atoms with Crippen molar-refractivity contribution in [1.82, 2.24) is 19.5 Å². The highest BCUT2D eigenvalue weighted by molar-refractivity contribution is 7.92. The summed E-state index contributed by atoms with van der Waals surface area (Å²) in [7, 11) is -2.17. The normalized spacial score (nSPS) is 18.0. The second-order valence-corrected chi connectivity index (χ2v) is 11.2. The lowest BCUT2D eigenvalue weighted by Crippen LogP contribution is -2.29. The van der Waals surface area contributed by atoms with Gasteiger partial charge in [-0.3, -0.25) is 4.31 Å². The monoisotopic (exact) mass is 521 g/mol. The Morgan fingerprint density at radius 2 is 1.73 bits per heavy atom. The lowest BCUT2D eigenvalue weighted by Gasteiger charge is -2.26. The van der Waals surface area contributed by atoms with Crippen molar-refractivity contribution in [2.45, 2.75) is 56.2 Å². The number of benzene rings is 2. The molecule has 0 saturated heterocycles. The fourth-order valence-electron chi connectivity index (χ4n) is 4.51. The maximum absolute atomic E-state index is 13.1. The molecule has 1 saturated carbocycles. The lowest BCUT2D eigenvalue weighted by atomic mass is 9.93. The van der Waals surface area contributed by atoms with Gasteiger partial charge in [0.25, 0.3) is 10.0 Å². The number of nitrogens with one attached hydrogen (secondary N) is 2. The van der Waals surface area contributed by atoms with Gasteiger partial charge < -0.3 is 20.3 Å². The smallest absolute Gasteiger partial charge is 0.264 e. The van der Waals surface area contributed by atoms with Gasteiger partial charge in [-0.1, -0.05) is 18.2 Å². The predicted octanol–water partition coefficient (Wildman–Crippen LogP) is 4.13. The molecule has 2 heterocycles. The number of rotatable bonds is 8. The lowest BCUT2D eigenvalue weighted by molar-refractivity contribution is 0.126. The number of aliphatic hydroxyl groups is 1. The Labute approximate surface area is 216 Å². The van der Waals surface area contributed by atoms with Crippen LogP contribution in [0.5, 0.6) is 0 Å². The number of aryl methyl sites for hydroxylation is 1. The molecule has 2 aromatic carbocycles. The van der Waals surface area contributed by atoms with E-state index < -0.39 is 10.0 Å². The van der Waals surface area contributed by atoms with Gasteiger partial charge in [-0.05, 0) is 69.0 Å². The van der Waals surface area contributed by atoms with Gasteiger partial charge in [-0.2, -0.15) is 9.97 Å². The predicted molar refractivity (Wildman–Crippen MR) is 145 cm³/mol. The van der Waals surface area contributed by atoms with Crippen LogP contribution >= 0.6 is 0 Å². The van der Waals surface area contributed by atoms with E-state index in [1.807, 2.05) is 17.6 Å². The summed E-state index contributed by atoms with van der Waals surface area (Å²) in [6, 6.07) is 15.7. The van der Waals surface area contributed by atoms with Crippen LogP contribution in [-0.2, 0) is 16.6 Å². The number of sulfonamides is 1. The minimum absolute atomic E-state index is 0.189. The summed E-state index contributed by atoms with van der Waals surface area (Å²) in [5, 5.41) is 16.5. The van der Waals surface area contributed by atoms with E-state index in [0.717, 1.165) is 25.7 Å². The number of imidazole rings is 1. The highest BCUT2D eigenvalue weighted by Crippen LogP contribution is 2.28. The van der Waals surface area contributed by atoms with Gasteiger partial charge in [-0.15, -0.1) is 0 Å². The maximum Gasteiger partial charge on any atom is 0.264 e. The number of hydrogen-bond donors (Lipinski definition) is 3. The van der Waals surface area contributed by atoms with Gasteiger partial charge in [0.2, 0.25) is 5.95 Å². The van der Waals surface area contributed by atoms with Crippen LogP contribution in [0.4, 0.5) is 23.1 Å². The molecule has 10 nitrogen and oxygen atoms in total. The SMILES string of the molecule is CCn1cnc2c(Nc3ccc(S(=O)(=O)N(C)c4ccccc4)cc3)nc(N[C@H]3CC[C@H](O)CC3)nc21. The minimum atomic E-state index is -3.71. The van der Waals surface area contributed by atoms with Gasteiger partial charge in [0, 0.05) is 25.3 Å². The Hall–Kier alpha value is -3.70. The van der Waals surface area contributed by atoms with E-state index in [4.69, 9.17) is 9.97 Å².